The van der Waals surface area contributed by atoms with Crippen LogP contribution in [0.15, 0.2) is 0 Å². The van der Waals surface area contributed by atoms with Gasteiger partial charge in [0.2, 0.25) is 0 Å². The Balaban J connectivity index is 3.21. The van der Waals surface area contributed by atoms with Crippen LogP contribution in [0.2, 0.25) is 0 Å². The maximum Gasteiger partial charge on any atom is 0.303 e. The summed E-state index contributed by atoms with van der Waals surface area (Å²) in [6.45, 7) is 7.37. The third kappa shape index (κ3) is 18.4. The topological polar surface area (TPSA) is 52.3 Å². The Kier molecular flexibility index (Phi) is 19.5. The van der Waals surface area contributed by atoms with E-state index in [1.807, 2.05) is 0 Å². The van der Waals surface area contributed by atoms with Gasteiger partial charge in [-0.25, -0.2) is 0 Å². The molecule has 0 aliphatic carbocycles. The number of nitrogens with zero attached hydrogens (tertiary/aromatic N) is 1. The molecule has 0 heterocycles. The first-order valence-corrected chi connectivity index (χ1v) is 11.8. The van der Waals surface area contributed by atoms with Crippen molar-refractivity contribution in [1.82, 2.24) is 5.32 Å². The molecule has 0 amide bonds. The number of hydrogen-bond donors (Lipinski definition) is 3. The van der Waals surface area contributed by atoms with E-state index in [0.29, 0.717) is 6.42 Å². The van der Waals surface area contributed by atoms with E-state index < -0.39 is 5.97 Å². The van der Waals surface area contributed by atoms with Gasteiger partial charge in [-0.15, -0.1) is 0 Å². The van der Waals surface area contributed by atoms with Gasteiger partial charge in [0.25, 0.3) is 0 Å². The summed E-state index contributed by atoms with van der Waals surface area (Å²) in [5.41, 5.74) is 0. The summed E-state index contributed by atoms with van der Waals surface area (Å²) in [6, 6.07) is 0. The van der Waals surface area contributed by atoms with Crippen LogP contribution in [-0.2, 0) is 4.79 Å². The van der Waals surface area contributed by atoms with Gasteiger partial charge in [-0.1, -0.05) is 83.3 Å². The third-order valence-electron chi connectivity index (χ3n) is 5.16. The molecule has 0 aliphatic heterocycles. The average Bonchev–Trinajstić information content (AvgIpc) is 2.65. The van der Waals surface area contributed by atoms with Gasteiger partial charge in [-0.05, 0) is 33.1 Å². The van der Waals surface area contributed by atoms with Crippen LogP contribution in [0.1, 0.15) is 110 Å². The quantitative estimate of drug-likeness (QED) is 0.0836. The molecule has 0 spiro atoms. The number of thiol groups is 1. The second kappa shape index (κ2) is 20.0. The lowest BCUT2D eigenvalue weighted by Gasteiger charge is -2.06. The molecule has 27 heavy (non-hydrogen) atoms. The largest absolute Gasteiger partial charge is 0.481 e. The van der Waals surface area contributed by atoms with Crippen molar-refractivity contribution in [1.29, 1.82) is 0 Å². The second-order valence-electron chi connectivity index (χ2n) is 7.52. The van der Waals surface area contributed by atoms with Crippen LogP contribution < -0.4 is 5.32 Å². The van der Waals surface area contributed by atoms with Gasteiger partial charge in [0.05, 0.1) is 19.6 Å². The summed E-state index contributed by atoms with van der Waals surface area (Å²) >= 11 is 4.53. The molecule has 5 heteroatoms. The number of rotatable bonds is 19. The highest BCUT2D eigenvalue weighted by Gasteiger charge is 2.04. The molecule has 0 aromatic heterocycles. The van der Waals surface area contributed by atoms with Gasteiger partial charge in [0.1, 0.15) is 0 Å². The molecule has 160 valence electrons. The van der Waals surface area contributed by atoms with Crippen LogP contribution in [0.3, 0.4) is 0 Å². The standard InChI is InChI=1S/C22H44N2O2S/c1-3-24(4-2)22(27)23-20-18-16-14-12-10-8-6-5-7-9-11-13-15-17-19-21(25)26/h3-20H2,1-2H3,(H2,23,25,26,27)/p+1. The Labute approximate surface area is 173 Å². The lowest BCUT2D eigenvalue weighted by molar-refractivity contribution is -0.519. The first kappa shape index (κ1) is 26.3. The fourth-order valence-electron chi connectivity index (χ4n) is 3.36. The van der Waals surface area contributed by atoms with E-state index in [9.17, 15) is 4.79 Å². The number of unbranched alkanes of at least 4 members (excludes halogenated alkanes) is 13. The molecule has 4 nitrogen and oxygen atoms in total. The molecular formula is C22H45N2O2S+. The Bertz CT molecular complexity index is 381. The number of carboxylic acid groups (broad SMARTS) is 1. The molecule has 0 aliphatic rings. The van der Waals surface area contributed by atoms with Gasteiger partial charge in [0, 0.05) is 6.42 Å². The van der Waals surface area contributed by atoms with Gasteiger partial charge >= 0.3 is 11.1 Å². The molecule has 0 fully saturated rings. The highest BCUT2D eigenvalue weighted by molar-refractivity contribution is 7.96. The molecule has 0 aromatic rings. The number of hydrogen-bond acceptors (Lipinski definition) is 1. The summed E-state index contributed by atoms with van der Waals surface area (Å²) in [5, 5.41) is 13.0. The first-order valence-electron chi connectivity index (χ1n) is 11.4. The number of amidine groups is 1. The van der Waals surface area contributed by atoms with Crippen molar-refractivity contribution in [3.63, 3.8) is 0 Å². The average molecular weight is 402 g/mol. The minimum absolute atomic E-state index is 0.335. The second-order valence-corrected chi connectivity index (χ2v) is 7.94. The van der Waals surface area contributed by atoms with Crippen molar-refractivity contribution in [3.8, 4) is 0 Å². The zero-order valence-electron chi connectivity index (χ0n) is 18.0. The minimum atomic E-state index is -0.660. The SMILES string of the molecule is CC[N+](CC)=C(S)NCCCCCCCCCCCCCCCCC(=O)O. The highest BCUT2D eigenvalue weighted by Crippen LogP contribution is 2.13. The van der Waals surface area contributed by atoms with E-state index in [0.717, 1.165) is 37.6 Å². The summed E-state index contributed by atoms with van der Waals surface area (Å²) in [6.07, 6.45) is 18.2. The van der Waals surface area contributed by atoms with Crippen molar-refractivity contribution < 1.29 is 14.5 Å². The molecule has 0 saturated heterocycles. The Hall–Kier alpha value is -0.710. The Morgan fingerprint density at radius 2 is 1.11 bits per heavy atom. The number of carboxylic acids is 1. The molecule has 0 aromatic carbocycles. The van der Waals surface area contributed by atoms with Crippen molar-refractivity contribution in [2.75, 3.05) is 19.6 Å². The van der Waals surface area contributed by atoms with Crippen molar-refractivity contribution >= 4 is 23.8 Å². The normalized spacial score (nSPS) is 10.8. The van der Waals surface area contributed by atoms with Gasteiger partial charge in [0.15, 0.2) is 0 Å². The van der Waals surface area contributed by atoms with Crippen LogP contribution in [0.5, 0.6) is 0 Å². The predicted molar refractivity (Wildman–Crippen MR) is 120 cm³/mol. The molecule has 0 saturated carbocycles. The van der Waals surface area contributed by atoms with Crippen molar-refractivity contribution in [3.05, 3.63) is 0 Å². The minimum Gasteiger partial charge on any atom is -0.481 e. The molecular weight excluding hydrogens is 356 g/mol. The molecule has 0 atom stereocenters. The monoisotopic (exact) mass is 401 g/mol. The molecule has 0 radical (unpaired) electrons. The van der Waals surface area contributed by atoms with Gasteiger partial charge in [-0.3, -0.25) is 14.7 Å². The van der Waals surface area contributed by atoms with Gasteiger partial charge in [-0.2, -0.15) is 0 Å². The Morgan fingerprint density at radius 1 is 0.741 bits per heavy atom. The maximum atomic E-state index is 10.4. The van der Waals surface area contributed by atoms with Crippen LogP contribution in [0.4, 0.5) is 0 Å². The molecule has 0 bridgehead atoms. The van der Waals surface area contributed by atoms with Crippen molar-refractivity contribution in [2.24, 2.45) is 0 Å². The maximum absolute atomic E-state index is 10.4. The fraction of sp³-hybridized carbons (Fsp3) is 0.909. The zero-order chi connectivity index (χ0) is 20.2. The Morgan fingerprint density at radius 3 is 1.48 bits per heavy atom. The van der Waals surface area contributed by atoms with E-state index in [1.165, 1.54) is 77.0 Å². The van der Waals surface area contributed by atoms with Crippen LogP contribution in [-0.4, -0.2) is 40.5 Å². The van der Waals surface area contributed by atoms with Gasteiger partial charge < -0.3 is 5.11 Å². The summed E-state index contributed by atoms with van der Waals surface area (Å²) in [7, 11) is 0. The molecule has 0 rings (SSSR count). The number of carbonyl (C=O) groups is 1. The number of nitrogens with one attached hydrogen (secondary N) is 1. The van der Waals surface area contributed by atoms with E-state index in [4.69, 9.17) is 5.11 Å². The lowest BCUT2D eigenvalue weighted by Crippen LogP contribution is -2.30. The van der Waals surface area contributed by atoms with E-state index in [2.05, 4.69) is 36.4 Å². The fourth-order valence-corrected chi connectivity index (χ4v) is 3.75. The summed E-state index contributed by atoms with van der Waals surface area (Å²) < 4.78 is 2.24. The summed E-state index contributed by atoms with van der Waals surface area (Å²) in [4.78, 5) is 10.4. The molecule has 2 N–H and O–H groups in total. The van der Waals surface area contributed by atoms with Crippen molar-refractivity contribution in [2.45, 2.75) is 110 Å². The number of aliphatic carboxylic acids is 1. The summed E-state index contributed by atoms with van der Waals surface area (Å²) in [5.74, 6) is -0.660. The lowest BCUT2D eigenvalue weighted by atomic mass is 10.0. The molecule has 0 unspecified atom stereocenters. The predicted octanol–water partition coefficient (Wildman–Crippen LogP) is 5.85. The van der Waals surface area contributed by atoms with E-state index in [1.54, 1.807) is 0 Å². The first-order chi connectivity index (χ1) is 13.1. The van der Waals surface area contributed by atoms with E-state index >= 15 is 0 Å². The zero-order valence-corrected chi connectivity index (χ0v) is 18.9. The van der Waals surface area contributed by atoms with Crippen LogP contribution in [0, 0.1) is 0 Å². The van der Waals surface area contributed by atoms with Crippen LogP contribution in [0.25, 0.3) is 0 Å². The smallest absolute Gasteiger partial charge is 0.303 e. The van der Waals surface area contributed by atoms with Crippen LogP contribution >= 0.6 is 12.6 Å². The van der Waals surface area contributed by atoms with E-state index in [-0.39, 0.29) is 0 Å². The third-order valence-corrected chi connectivity index (χ3v) is 5.60. The highest BCUT2D eigenvalue weighted by atomic mass is 32.1.